The van der Waals surface area contributed by atoms with Gasteiger partial charge in [-0.15, -0.1) is 0 Å². The minimum atomic E-state index is -0.508. The Morgan fingerprint density at radius 2 is 1.90 bits per heavy atom. The largest absolute Gasteiger partial charge is 0.491 e. The van der Waals surface area contributed by atoms with Gasteiger partial charge in [-0.1, -0.05) is 32.0 Å². The van der Waals surface area contributed by atoms with Gasteiger partial charge in [0.1, 0.15) is 18.5 Å². The number of nitrogens with one attached hydrogen (secondary N) is 1. The van der Waals surface area contributed by atoms with E-state index in [1.54, 1.807) is 0 Å². The number of benzene rings is 1. The second-order valence-electron chi connectivity index (χ2n) is 5.28. The van der Waals surface area contributed by atoms with Crippen LogP contribution in [0.2, 0.25) is 0 Å². The molecular weight excluding hydrogens is 254 g/mol. The highest BCUT2D eigenvalue weighted by atomic mass is 16.5. The van der Waals surface area contributed by atoms with Crippen LogP contribution in [0.5, 0.6) is 5.75 Å². The van der Waals surface area contributed by atoms with E-state index < -0.39 is 6.10 Å². The summed E-state index contributed by atoms with van der Waals surface area (Å²) in [6.45, 7) is 7.42. The molecule has 0 aliphatic carbocycles. The van der Waals surface area contributed by atoms with Crippen molar-refractivity contribution in [2.75, 3.05) is 32.9 Å². The molecule has 2 N–H and O–H groups in total. The fraction of sp³-hybridized carbons (Fsp3) is 0.625. The van der Waals surface area contributed by atoms with Gasteiger partial charge in [0.05, 0.1) is 6.61 Å². The summed E-state index contributed by atoms with van der Waals surface area (Å²) in [6, 6.07) is 9.51. The normalized spacial score (nSPS) is 12.6. The molecule has 0 amide bonds. The summed E-state index contributed by atoms with van der Waals surface area (Å²) in [5, 5.41) is 12.9. The molecule has 0 aliphatic rings. The fourth-order valence-electron chi connectivity index (χ4n) is 1.60. The van der Waals surface area contributed by atoms with Gasteiger partial charge in [0, 0.05) is 19.7 Å². The molecule has 0 fully saturated rings. The Balaban J connectivity index is 1.94. The Bertz CT molecular complexity index is 330. The van der Waals surface area contributed by atoms with Crippen molar-refractivity contribution < 1.29 is 14.6 Å². The zero-order chi connectivity index (χ0) is 14.6. The molecule has 0 saturated carbocycles. The van der Waals surface area contributed by atoms with Crippen molar-refractivity contribution in [1.82, 2.24) is 5.32 Å². The first-order valence-corrected chi connectivity index (χ1v) is 7.33. The van der Waals surface area contributed by atoms with E-state index in [2.05, 4.69) is 19.2 Å². The van der Waals surface area contributed by atoms with Crippen LogP contribution in [0.4, 0.5) is 0 Å². The van der Waals surface area contributed by atoms with Gasteiger partial charge in [-0.2, -0.15) is 0 Å². The third-order valence-corrected chi connectivity index (χ3v) is 2.83. The van der Waals surface area contributed by atoms with E-state index in [9.17, 15) is 5.11 Å². The molecule has 1 aromatic rings. The van der Waals surface area contributed by atoms with Crippen molar-refractivity contribution in [3.8, 4) is 5.75 Å². The van der Waals surface area contributed by atoms with Crippen molar-refractivity contribution in [3.05, 3.63) is 30.3 Å². The first kappa shape index (κ1) is 17.0. The maximum Gasteiger partial charge on any atom is 0.119 e. The van der Waals surface area contributed by atoms with Crippen molar-refractivity contribution >= 4 is 0 Å². The van der Waals surface area contributed by atoms with E-state index in [0.29, 0.717) is 25.7 Å². The Morgan fingerprint density at radius 3 is 2.60 bits per heavy atom. The molecule has 0 spiro atoms. The smallest absolute Gasteiger partial charge is 0.119 e. The highest BCUT2D eigenvalue weighted by Crippen LogP contribution is 2.08. The van der Waals surface area contributed by atoms with Gasteiger partial charge >= 0.3 is 0 Å². The van der Waals surface area contributed by atoms with Crippen molar-refractivity contribution in [2.24, 2.45) is 5.92 Å². The Morgan fingerprint density at radius 1 is 1.15 bits per heavy atom. The van der Waals surface area contributed by atoms with Gasteiger partial charge in [-0.25, -0.2) is 0 Å². The lowest BCUT2D eigenvalue weighted by Crippen LogP contribution is -2.33. The van der Waals surface area contributed by atoms with Crippen molar-refractivity contribution in [1.29, 1.82) is 0 Å². The SMILES string of the molecule is CC(C)CCOCCNCC(O)COc1ccccc1. The number of rotatable bonds is 11. The van der Waals surface area contributed by atoms with Crippen LogP contribution in [0.15, 0.2) is 30.3 Å². The number of para-hydroxylation sites is 1. The summed E-state index contributed by atoms with van der Waals surface area (Å²) in [4.78, 5) is 0. The van der Waals surface area contributed by atoms with Crippen LogP contribution in [0.1, 0.15) is 20.3 Å². The van der Waals surface area contributed by atoms with E-state index in [0.717, 1.165) is 25.3 Å². The highest BCUT2D eigenvalue weighted by molar-refractivity contribution is 5.20. The maximum atomic E-state index is 9.76. The number of hydrogen-bond donors (Lipinski definition) is 2. The lowest BCUT2D eigenvalue weighted by atomic mass is 10.1. The quantitative estimate of drug-likeness (QED) is 0.610. The standard InChI is InChI=1S/C16H27NO3/c1-14(2)8-10-19-11-9-17-12-15(18)13-20-16-6-4-3-5-7-16/h3-7,14-15,17-18H,8-13H2,1-2H3. The van der Waals surface area contributed by atoms with Crippen LogP contribution >= 0.6 is 0 Å². The van der Waals surface area contributed by atoms with Crippen molar-refractivity contribution in [3.63, 3.8) is 0 Å². The van der Waals surface area contributed by atoms with Gasteiger partial charge < -0.3 is 19.9 Å². The maximum absolute atomic E-state index is 9.76. The average Bonchev–Trinajstić information content (AvgIpc) is 2.45. The van der Waals surface area contributed by atoms with Crippen molar-refractivity contribution in [2.45, 2.75) is 26.4 Å². The number of aliphatic hydroxyl groups excluding tert-OH is 1. The molecule has 1 rings (SSSR count). The molecule has 114 valence electrons. The zero-order valence-corrected chi connectivity index (χ0v) is 12.5. The Kier molecular flexibility index (Phi) is 9.04. The fourth-order valence-corrected chi connectivity index (χ4v) is 1.60. The lowest BCUT2D eigenvalue weighted by molar-refractivity contribution is 0.0967. The molecule has 1 atom stereocenters. The Labute approximate surface area is 122 Å². The summed E-state index contributed by atoms with van der Waals surface area (Å²) in [6.07, 6.45) is 0.582. The first-order chi connectivity index (χ1) is 9.68. The number of hydrogen-bond acceptors (Lipinski definition) is 4. The second-order valence-corrected chi connectivity index (χ2v) is 5.28. The minimum absolute atomic E-state index is 0.297. The molecule has 1 aromatic carbocycles. The summed E-state index contributed by atoms with van der Waals surface area (Å²) in [5.74, 6) is 1.46. The predicted molar refractivity (Wildman–Crippen MR) is 81.1 cm³/mol. The molecule has 0 saturated heterocycles. The van der Waals surface area contributed by atoms with Gasteiger partial charge in [-0.05, 0) is 24.5 Å². The molecule has 4 nitrogen and oxygen atoms in total. The molecule has 0 aliphatic heterocycles. The summed E-state index contributed by atoms with van der Waals surface area (Å²) in [5.41, 5.74) is 0. The van der Waals surface area contributed by atoms with Gasteiger partial charge in [-0.3, -0.25) is 0 Å². The topological polar surface area (TPSA) is 50.7 Å². The minimum Gasteiger partial charge on any atom is -0.491 e. The average molecular weight is 281 g/mol. The van der Waals surface area contributed by atoms with Gasteiger partial charge in [0.15, 0.2) is 0 Å². The van der Waals surface area contributed by atoms with Gasteiger partial charge in [0.25, 0.3) is 0 Å². The number of aliphatic hydroxyl groups is 1. The van der Waals surface area contributed by atoms with Crippen LogP contribution in [0.3, 0.4) is 0 Å². The summed E-state index contributed by atoms with van der Waals surface area (Å²) in [7, 11) is 0. The van der Waals surface area contributed by atoms with Crippen LogP contribution in [0.25, 0.3) is 0 Å². The Hall–Kier alpha value is -1.10. The van der Waals surface area contributed by atoms with E-state index in [4.69, 9.17) is 9.47 Å². The van der Waals surface area contributed by atoms with Crippen LogP contribution in [-0.2, 0) is 4.74 Å². The lowest BCUT2D eigenvalue weighted by Gasteiger charge is -2.13. The van der Waals surface area contributed by atoms with Crippen LogP contribution in [-0.4, -0.2) is 44.1 Å². The molecule has 20 heavy (non-hydrogen) atoms. The third-order valence-electron chi connectivity index (χ3n) is 2.83. The van der Waals surface area contributed by atoms with E-state index in [1.807, 2.05) is 30.3 Å². The highest BCUT2D eigenvalue weighted by Gasteiger charge is 2.04. The number of ether oxygens (including phenoxy) is 2. The molecule has 4 heteroatoms. The van der Waals surface area contributed by atoms with E-state index in [1.165, 1.54) is 0 Å². The molecule has 0 bridgehead atoms. The van der Waals surface area contributed by atoms with Crippen LogP contribution < -0.4 is 10.1 Å². The van der Waals surface area contributed by atoms with E-state index in [-0.39, 0.29) is 0 Å². The predicted octanol–water partition coefficient (Wildman–Crippen LogP) is 2.08. The molecule has 0 aromatic heterocycles. The second kappa shape index (κ2) is 10.7. The van der Waals surface area contributed by atoms with E-state index >= 15 is 0 Å². The zero-order valence-electron chi connectivity index (χ0n) is 12.5. The third kappa shape index (κ3) is 8.91. The molecule has 1 unspecified atom stereocenters. The summed E-state index contributed by atoms with van der Waals surface area (Å²) >= 11 is 0. The van der Waals surface area contributed by atoms with Gasteiger partial charge in [0.2, 0.25) is 0 Å². The monoisotopic (exact) mass is 281 g/mol. The molecule has 0 radical (unpaired) electrons. The van der Waals surface area contributed by atoms with Crippen LogP contribution in [0, 0.1) is 5.92 Å². The first-order valence-electron chi connectivity index (χ1n) is 7.33. The summed E-state index contributed by atoms with van der Waals surface area (Å²) < 4.78 is 10.9. The molecule has 0 heterocycles. The molecular formula is C16H27NO3.